The summed E-state index contributed by atoms with van der Waals surface area (Å²) >= 11 is 0. The van der Waals surface area contributed by atoms with Crippen molar-refractivity contribution in [1.29, 1.82) is 0 Å². The summed E-state index contributed by atoms with van der Waals surface area (Å²) in [5.41, 5.74) is -0.184. The summed E-state index contributed by atoms with van der Waals surface area (Å²) in [6, 6.07) is 6.61. The Morgan fingerprint density at radius 1 is 1.19 bits per heavy atom. The molecule has 2 aromatic rings. The number of hydrogen-bond donors (Lipinski definition) is 1. The third kappa shape index (κ3) is 6.34. The van der Waals surface area contributed by atoms with Crippen LogP contribution in [0.4, 0.5) is 18.9 Å². The first-order valence-electron chi connectivity index (χ1n) is 9.51. The largest absolute Gasteiger partial charge is 0.482 e. The average Bonchev–Trinajstić information content (AvgIpc) is 3.25. The van der Waals surface area contributed by atoms with E-state index in [1.807, 2.05) is 0 Å². The maximum Gasteiger partial charge on any atom is 0.422 e. The maximum absolute atomic E-state index is 12.9. The number of anilines is 1. The highest BCUT2D eigenvalue weighted by Crippen LogP contribution is 2.31. The first kappa shape index (κ1) is 22.9. The number of rotatable bonds is 7. The van der Waals surface area contributed by atoms with Gasteiger partial charge in [-0.05, 0) is 49.2 Å². The molecule has 0 saturated carbocycles. The zero-order valence-electron chi connectivity index (χ0n) is 16.4. The van der Waals surface area contributed by atoms with Crippen molar-refractivity contribution in [3.8, 4) is 5.75 Å². The molecule has 0 unspecified atom stereocenters. The summed E-state index contributed by atoms with van der Waals surface area (Å²) in [4.78, 5) is 12.1. The molecule has 0 aliphatic carbocycles. The topological polar surface area (TPSA) is 88.8 Å². The fraction of sp³-hybridized carbons (Fsp3) is 0.350. The number of nitrogens with zero attached hydrogens (tertiary/aromatic N) is 1. The van der Waals surface area contributed by atoms with Gasteiger partial charge in [-0.25, -0.2) is 8.42 Å². The lowest BCUT2D eigenvalue weighted by Crippen LogP contribution is -2.35. The Morgan fingerprint density at radius 3 is 2.58 bits per heavy atom. The average molecular weight is 458 g/mol. The number of ether oxygens (including phenoxy) is 1. The van der Waals surface area contributed by atoms with Gasteiger partial charge in [0.2, 0.25) is 15.9 Å². The van der Waals surface area contributed by atoms with Crippen LogP contribution in [0.1, 0.15) is 25.0 Å². The van der Waals surface area contributed by atoms with E-state index in [9.17, 15) is 26.4 Å². The summed E-state index contributed by atoms with van der Waals surface area (Å²) < 4.78 is 74.7. The van der Waals surface area contributed by atoms with Gasteiger partial charge < -0.3 is 14.5 Å². The van der Waals surface area contributed by atoms with Crippen molar-refractivity contribution >= 4 is 27.7 Å². The van der Waals surface area contributed by atoms with Crippen LogP contribution in [0.15, 0.2) is 52.0 Å². The van der Waals surface area contributed by atoms with Crippen molar-refractivity contribution < 1.29 is 35.5 Å². The SMILES string of the molecule is O=C(C=Cc1ccco1)Nc1cc(S(=O)(=O)N2CCCCC2)ccc1OCC(F)(F)F. The number of sulfonamides is 1. The van der Waals surface area contributed by atoms with Gasteiger partial charge in [-0.1, -0.05) is 6.42 Å². The van der Waals surface area contributed by atoms with Crippen LogP contribution in [0.25, 0.3) is 6.08 Å². The molecule has 1 aromatic heterocycles. The minimum absolute atomic E-state index is 0.140. The molecule has 168 valence electrons. The molecule has 31 heavy (non-hydrogen) atoms. The molecule has 1 fully saturated rings. The number of piperidine rings is 1. The number of furan rings is 1. The molecular weight excluding hydrogens is 437 g/mol. The Labute approximate surface area is 177 Å². The highest BCUT2D eigenvalue weighted by atomic mass is 32.2. The van der Waals surface area contributed by atoms with Crippen LogP contribution < -0.4 is 10.1 Å². The Morgan fingerprint density at radius 2 is 1.94 bits per heavy atom. The van der Waals surface area contributed by atoms with Crippen molar-refractivity contribution in [2.45, 2.75) is 30.3 Å². The molecule has 0 bridgehead atoms. The van der Waals surface area contributed by atoms with Gasteiger partial charge in [0.25, 0.3) is 0 Å². The minimum Gasteiger partial charge on any atom is -0.482 e. The van der Waals surface area contributed by atoms with E-state index >= 15 is 0 Å². The number of nitrogens with one attached hydrogen (secondary N) is 1. The lowest BCUT2D eigenvalue weighted by Gasteiger charge is -2.26. The van der Waals surface area contributed by atoms with E-state index in [0.29, 0.717) is 18.8 Å². The van der Waals surface area contributed by atoms with Gasteiger partial charge in [-0.15, -0.1) is 0 Å². The van der Waals surface area contributed by atoms with Crippen LogP contribution in [-0.4, -0.2) is 44.5 Å². The molecule has 1 aliphatic rings. The highest BCUT2D eigenvalue weighted by Gasteiger charge is 2.30. The lowest BCUT2D eigenvalue weighted by molar-refractivity contribution is -0.153. The van der Waals surface area contributed by atoms with E-state index in [-0.39, 0.29) is 16.3 Å². The van der Waals surface area contributed by atoms with E-state index < -0.39 is 28.7 Å². The third-order valence-corrected chi connectivity index (χ3v) is 6.39. The smallest absolute Gasteiger partial charge is 0.422 e. The standard InChI is InChI=1S/C20H21F3N2O5S/c21-20(22,23)14-30-18-8-7-16(31(27,28)25-10-2-1-3-11-25)13-17(18)24-19(26)9-6-15-5-4-12-29-15/h4-9,12-13H,1-3,10-11,14H2,(H,24,26). The second kappa shape index (κ2) is 9.56. The van der Waals surface area contributed by atoms with Gasteiger partial charge in [-0.2, -0.15) is 17.5 Å². The van der Waals surface area contributed by atoms with E-state index in [1.54, 1.807) is 12.1 Å². The molecule has 0 atom stereocenters. The molecule has 3 rings (SSSR count). The molecule has 1 saturated heterocycles. The number of carbonyl (C=O) groups is 1. The van der Waals surface area contributed by atoms with Gasteiger partial charge in [0, 0.05) is 19.2 Å². The third-order valence-electron chi connectivity index (χ3n) is 4.50. The van der Waals surface area contributed by atoms with Crippen molar-refractivity contribution in [3.05, 3.63) is 48.4 Å². The Hall–Kier alpha value is -2.79. The zero-order chi connectivity index (χ0) is 22.5. The molecular formula is C20H21F3N2O5S. The number of amides is 1. The number of carbonyl (C=O) groups excluding carboxylic acids is 1. The fourth-order valence-electron chi connectivity index (χ4n) is 3.03. The number of benzene rings is 1. The molecule has 1 N–H and O–H groups in total. The van der Waals surface area contributed by atoms with E-state index in [4.69, 9.17) is 9.15 Å². The molecule has 11 heteroatoms. The van der Waals surface area contributed by atoms with Gasteiger partial charge in [0.15, 0.2) is 6.61 Å². The van der Waals surface area contributed by atoms with Gasteiger partial charge in [0.05, 0.1) is 16.8 Å². The lowest BCUT2D eigenvalue weighted by atomic mass is 10.2. The number of alkyl halides is 3. The first-order chi connectivity index (χ1) is 14.6. The zero-order valence-corrected chi connectivity index (χ0v) is 17.2. The Bertz CT molecular complexity index is 1030. The summed E-state index contributed by atoms with van der Waals surface area (Å²) in [5, 5.41) is 2.38. The predicted molar refractivity (Wildman–Crippen MR) is 107 cm³/mol. The summed E-state index contributed by atoms with van der Waals surface area (Å²) in [6.45, 7) is -0.860. The van der Waals surface area contributed by atoms with Gasteiger partial charge in [-0.3, -0.25) is 4.79 Å². The minimum atomic E-state index is -4.60. The van der Waals surface area contributed by atoms with Crippen LogP contribution in [0.3, 0.4) is 0 Å². The second-order valence-corrected chi connectivity index (χ2v) is 8.80. The summed E-state index contributed by atoms with van der Waals surface area (Å²) in [5.74, 6) is -0.597. The van der Waals surface area contributed by atoms with Gasteiger partial charge >= 0.3 is 6.18 Å². The van der Waals surface area contributed by atoms with Crippen LogP contribution in [-0.2, 0) is 14.8 Å². The summed E-state index contributed by atoms with van der Waals surface area (Å²) in [6.07, 6.45) is 1.67. The quantitative estimate of drug-likeness (QED) is 0.633. The van der Waals surface area contributed by atoms with E-state index in [0.717, 1.165) is 37.5 Å². The van der Waals surface area contributed by atoms with Gasteiger partial charge in [0.1, 0.15) is 11.5 Å². The van der Waals surface area contributed by atoms with Crippen LogP contribution >= 0.6 is 0 Å². The van der Waals surface area contributed by atoms with Crippen molar-refractivity contribution in [2.24, 2.45) is 0 Å². The Kier molecular flexibility index (Phi) is 7.06. The second-order valence-electron chi connectivity index (χ2n) is 6.86. The molecule has 1 aliphatic heterocycles. The van der Waals surface area contributed by atoms with E-state index in [1.165, 1.54) is 22.7 Å². The normalized spacial score (nSPS) is 15.8. The molecule has 2 heterocycles. The summed E-state index contributed by atoms with van der Waals surface area (Å²) in [7, 11) is -3.86. The predicted octanol–water partition coefficient (Wildman–Crippen LogP) is 4.05. The molecule has 0 radical (unpaired) electrons. The Balaban J connectivity index is 1.86. The van der Waals surface area contributed by atoms with E-state index in [2.05, 4.69) is 5.32 Å². The fourth-order valence-corrected chi connectivity index (χ4v) is 4.57. The molecule has 0 spiro atoms. The maximum atomic E-state index is 12.9. The van der Waals surface area contributed by atoms with Crippen molar-refractivity contribution in [3.63, 3.8) is 0 Å². The number of halogens is 3. The van der Waals surface area contributed by atoms with Crippen molar-refractivity contribution in [1.82, 2.24) is 4.31 Å². The molecule has 1 amide bonds. The molecule has 1 aromatic carbocycles. The number of hydrogen-bond acceptors (Lipinski definition) is 5. The van der Waals surface area contributed by atoms with Crippen LogP contribution in [0.2, 0.25) is 0 Å². The molecule has 7 nitrogen and oxygen atoms in total. The van der Waals surface area contributed by atoms with Crippen LogP contribution in [0, 0.1) is 0 Å². The first-order valence-corrected chi connectivity index (χ1v) is 11.0. The van der Waals surface area contributed by atoms with Crippen molar-refractivity contribution in [2.75, 3.05) is 25.0 Å². The van der Waals surface area contributed by atoms with Crippen LogP contribution in [0.5, 0.6) is 5.75 Å². The highest BCUT2D eigenvalue weighted by molar-refractivity contribution is 7.89. The monoisotopic (exact) mass is 458 g/mol.